The van der Waals surface area contributed by atoms with Gasteiger partial charge in [0.05, 0.1) is 13.7 Å². The zero-order valence-electron chi connectivity index (χ0n) is 13.9. The molecule has 6 nitrogen and oxygen atoms in total. The van der Waals surface area contributed by atoms with Crippen LogP contribution in [-0.4, -0.2) is 68.0 Å². The Morgan fingerprint density at radius 2 is 1.78 bits per heavy atom. The van der Waals surface area contributed by atoms with Crippen molar-refractivity contribution < 1.29 is 14.3 Å². The Kier molecular flexibility index (Phi) is 6.40. The van der Waals surface area contributed by atoms with E-state index in [1.165, 1.54) is 0 Å². The molecular formula is C17H25N3O3. The average molecular weight is 319 g/mol. The normalized spacial score (nSPS) is 15.3. The molecule has 1 saturated heterocycles. The molecule has 2 amide bonds. The van der Waals surface area contributed by atoms with Gasteiger partial charge in [-0.15, -0.1) is 0 Å². The van der Waals surface area contributed by atoms with Gasteiger partial charge in [0.15, 0.2) is 0 Å². The van der Waals surface area contributed by atoms with Gasteiger partial charge < -0.3 is 15.0 Å². The van der Waals surface area contributed by atoms with Crippen molar-refractivity contribution in [3.63, 3.8) is 0 Å². The van der Waals surface area contributed by atoms with Crippen molar-refractivity contribution >= 4 is 11.8 Å². The minimum atomic E-state index is 0.0303. The molecule has 0 unspecified atom stereocenters. The predicted molar refractivity (Wildman–Crippen MR) is 88.6 cm³/mol. The second-order valence-corrected chi connectivity index (χ2v) is 5.65. The quantitative estimate of drug-likeness (QED) is 0.849. The summed E-state index contributed by atoms with van der Waals surface area (Å²) >= 11 is 0. The molecule has 0 radical (unpaired) electrons. The lowest BCUT2D eigenvalue weighted by molar-refractivity contribution is -0.122. The van der Waals surface area contributed by atoms with E-state index in [1.807, 2.05) is 11.8 Å². The zero-order valence-corrected chi connectivity index (χ0v) is 13.9. The van der Waals surface area contributed by atoms with Crippen LogP contribution < -0.4 is 10.1 Å². The number of piperazine rings is 1. The van der Waals surface area contributed by atoms with Crippen LogP contribution >= 0.6 is 0 Å². The SMILES string of the molecule is CCCNC(=O)CN1CCN(C(=O)c2ccc(OC)cc2)CC1. The van der Waals surface area contributed by atoms with E-state index in [9.17, 15) is 9.59 Å². The fourth-order valence-corrected chi connectivity index (χ4v) is 2.55. The topological polar surface area (TPSA) is 61.9 Å². The minimum Gasteiger partial charge on any atom is -0.497 e. The summed E-state index contributed by atoms with van der Waals surface area (Å²) < 4.78 is 5.10. The Labute approximate surface area is 137 Å². The number of carbonyl (C=O) groups is 2. The second kappa shape index (κ2) is 8.53. The maximum Gasteiger partial charge on any atom is 0.253 e. The van der Waals surface area contributed by atoms with E-state index < -0.39 is 0 Å². The smallest absolute Gasteiger partial charge is 0.253 e. The average Bonchev–Trinajstić information content (AvgIpc) is 2.60. The summed E-state index contributed by atoms with van der Waals surface area (Å²) in [6, 6.07) is 7.15. The highest BCUT2D eigenvalue weighted by Crippen LogP contribution is 2.14. The van der Waals surface area contributed by atoms with Crippen molar-refractivity contribution in [2.75, 3.05) is 46.4 Å². The summed E-state index contributed by atoms with van der Waals surface area (Å²) in [6.07, 6.45) is 0.940. The number of benzene rings is 1. The highest BCUT2D eigenvalue weighted by atomic mass is 16.5. The van der Waals surface area contributed by atoms with Crippen molar-refractivity contribution in [1.82, 2.24) is 15.1 Å². The maximum absolute atomic E-state index is 12.5. The summed E-state index contributed by atoms with van der Waals surface area (Å²) in [5.74, 6) is 0.828. The Balaban J connectivity index is 1.81. The van der Waals surface area contributed by atoms with E-state index in [0.29, 0.717) is 25.2 Å². The molecule has 0 aliphatic carbocycles. The molecule has 1 fully saturated rings. The predicted octanol–water partition coefficient (Wildman–Crippen LogP) is 0.979. The lowest BCUT2D eigenvalue weighted by atomic mass is 10.1. The second-order valence-electron chi connectivity index (χ2n) is 5.65. The summed E-state index contributed by atoms with van der Waals surface area (Å²) in [6.45, 7) is 5.89. The molecule has 2 rings (SSSR count). The van der Waals surface area contributed by atoms with Crippen LogP contribution in [0.15, 0.2) is 24.3 Å². The van der Waals surface area contributed by atoms with Gasteiger partial charge in [-0.3, -0.25) is 14.5 Å². The third kappa shape index (κ3) is 4.96. The number of amides is 2. The van der Waals surface area contributed by atoms with Crippen LogP contribution in [0, 0.1) is 0 Å². The van der Waals surface area contributed by atoms with Crippen molar-refractivity contribution in [3.8, 4) is 5.75 Å². The first-order valence-electron chi connectivity index (χ1n) is 8.06. The maximum atomic E-state index is 12.5. The fraction of sp³-hybridized carbons (Fsp3) is 0.529. The third-order valence-corrected chi connectivity index (χ3v) is 3.94. The van der Waals surface area contributed by atoms with E-state index in [-0.39, 0.29) is 11.8 Å². The van der Waals surface area contributed by atoms with Gasteiger partial charge in [0.1, 0.15) is 5.75 Å². The van der Waals surface area contributed by atoms with Gasteiger partial charge in [-0.25, -0.2) is 0 Å². The van der Waals surface area contributed by atoms with Crippen molar-refractivity contribution in [2.24, 2.45) is 0 Å². The van der Waals surface area contributed by atoms with Gasteiger partial charge in [-0.1, -0.05) is 6.92 Å². The van der Waals surface area contributed by atoms with Gasteiger partial charge in [0.2, 0.25) is 5.91 Å². The van der Waals surface area contributed by atoms with E-state index >= 15 is 0 Å². The van der Waals surface area contributed by atoms with Gasteiger partial charge in [0.25, 0.3) is 5.91 Å². The Hall–Kier alpha value is -2.08. The first-order chi connectivity index (χ1) is 11.1. The molecule has 0 saturated carbocycles. The van der Waals surface area contributed by atoms with Crippen molar-refractivity contribution in [3.05, 3.63) is 29.8 Å². The van der Waals surface area contributed by atoms with Crippen LogP contribution in [-0.2, 0) is 4.79 Å². The van der Waals surface area contributed by atoms with Gasteiger partial charge in [-0.05, 0) is 30.7 Å². The molecule has 1 N–H and O–H groups in total. The first-order valence-corrected chi connectivity index (χ1v) is 8.06. The molecule has 1 aliphatic heterocycles. The molecule has 0 atom stereocenters. The molecule has 0 spiro atoms. The molecule has 0 aromatic heterocycles. The van der Waals surface area contributed by atoms with E-state index in [0.717, 1.165) is 31.8 Å². The number of hydrogen-bond acceptors (Lipinski definition) is 4. The highest BCUT2D eigenvalue weighted by molar-refractivity contribution is 5.94. The molecule has 6 heteroatoms. The molecule has 0 bridgehead atoms. The van der Waals surface area contributed by atoms with Crippen LogP contribution in [0.4, 0.5) is 0 Å². The number of methoxy groups -OCH3 is 1. The minimum absolute atomic E-state index is 0.0303. The number of nitrogens with zero attached hydrogens (tertiary/aromatic N) is 2. The third-order valence-electron chi connectivity index (χ3n) is 3.94. The molecule has 1 heterocycles. The number of hydrogen-bond donors (Lipinski definition) is 1. The first kappa shape index (κ1) is 17.3. The summed E-state index contributed by atoms with van der Waals surface area (Å²) in [4.78, 5) is 28.1. The van der Waals surface area contributed by atoms with Crippen LogP contribution in [0.3, 0.4) is 0 Å². The van der Waals surface area contributed by atoms with Crippen LogP contribution in [0.1, 0.15) is 23.7 Å². The highest BCUT2D eigenvalue weighted by Gasteiger charge is 2.23. The van der Waals surface area contributed by atoms with Crippen molar-refractivity contribution in [2.45, 2.75) is 13.3 Å². The van der Waals surface area contributed by atoms with Gasteiger partial charge in [-0.2, -0.15) is 0 Å². The number of rotatable bonds is 6. The molecule has 1 aromatic rings. The number of carbonyl (C=O) groups excluding carboxylic acids is 2. The zero-order chi connectivity index (χ0) is 16.7. The lowest BCUT2D eigenvalue weighted by Gasteiger charge is -2.34. The Bertz CT molecular complexity index is 522. The van der Waals surface area contributed by atoms with Crippen LogP contribution in [0.2, 0.25) is 0 Å². The number of ether oxygens (including phenoxy) is 1. The monoisotopic (exact) mass is 319 g/mol. The van der Waals surface area contributed by atoms with Crippen molar-refractivity contribution in [1.29, 1.82) is 0 Å². The van der Waals surface area contributed by atoms with Crippen LogP contribution in [0.5, 0.6) is 5.75 Å². The van der Waals surface area contributed by atoms with Gasteiger partial charge in [0, 0.05) is 38.3 Å². The Morgan fingerprint density at radius 3 is 2.35 bits per heavy atom. The fourth-order valence-electron chi connectivity index (χ4n) is 2.55. The van der Waals surface area contributed by atoms with E-state index in [1.54, 1.807) is 31.4 Å². The summed E-state index contributed by atoms with van der Waals surface area (Å²) in [5.41, 5.74) is 0.667. The summed E-state index contributed by atoms with van der Waals surface area (Å²) in [5, 5.41) is 2.88. The van der Waals surface area contributed by atoms with Crippen LogP contribution in [0.25, 0.3) is 0 Å². The number of nitrogens with one attached hydrogen (secondary N) is 1. The van der Waals surface area contributed by atoms with Gasteiger partial charge >= 0.3 is 0 Å². The summed E-state index contributed by atoms with van der Waals surface area (Å²) in [7, 11) is 1.60. The lowest BCUT2D eigenvalue weighted by Crippen LogP contribution is -2.51. The molecular weight excluding hydrogens is 294 g/mol. The van der Waals surface area contributed by atoms with E-state index in [2.05, 4.69) is 10.2 Å². The standard InChI is InChI=1S/C17H25N3O3/c1-3-8-18-16(21)13-19-9-11-20(12-10-19)17(22)14-4-6-15(23-2)7-5-14/h4-7H,3,8-13H2,1-2H3,(H,18,21). The molecule has 126 valence electrons. The Morgan fingerprint density at radius 1 is 1.13 bits per heavy atom. The largest absolute Gasteiger partial charge is 0.497 e. The molecule has 23 heavy (non-hydrogen) atoms. The molecule has 1 aliphatic rings. The van der Waals surface area contributed by atoms with E-state index in [4.69, 9.17) is 4.74 Å². The molecule has 1 aromatic carbocycles.